The van der Waals surface area contributed by atoms with Gasteiger partial charge in [-0.25, -0.2) is 0 Å². The highest BCUT2D eigenvalue weighted by molar-refractivity contribution is 5.76. The van der Waals surface area contributed by atoms with Crippen LogP contribution in [0.5, 0.6) is 0 Å². The Hall–Kier alpha value is -0.610. The lowest BCUT2D eigenvalue weighted by molar-refractivity contribution is -0.130. The molecule has 0 aliphatic rings. The molecule has 0 bridgehead atoms. The summed E-state index contributed by atoms with van der Waals surface area (Å²) in [6.45, 7) is 3.65. The maximum atomic E-state index is 11.6. The van der Waals surface area contributed by atoms with Crippen molar-refractivity contribution in [3.8, 4) is 0 Å². The minimum atomic E-state index is 0.0181. The highest BCUT2D eigenvalue weighted by Crippen LogP contribution is 2.00. The van der Waals surface area contributed by atoms with Gasteiger partial charge in [0.2, 0.25) is 5.91 Å². The fourth-order valence-corrected chi connectivity index (χ4v) is 1.26. The molecule has 4 heteroatoms. The van der Waals surface area contributed by atoms with Gasteiger partial charge < -0.3 is 16.0 Å². The van der Waals surface area contributed by atoms with Crippen LogP contribution in [0, 0.1) is 0 Å². The normalized spacial score (nSPS) is 12.6. The molecule has 0 radical (unpaired) electrons. The Labute approximate surface area is 86.8 Å². The zero-order chi connectivity index (χ0) is 11.0. The van der Waals surface area contributed by atoms with E-state index < -0.39 is 0 Å². The second kappa shape index (κ2) is 7.76. The number of hydrogen-bond donors (Lipinski definition) is 2. The molecule has 0 aromatic rings. The lowest BCUT2D eigenvalue weighted by Crippen LogP contribution is -2.36. The van der Waals surface area contributed by atoms with E-state index in [4.69, 9.17) is 5.73 Å². The van der Waals surface area contributed by atoms with Gasteiger partial charge in [0.15, 0.2) is 0 Å². The van der Waals surface area contributed by atoms with E-state index in [-0.39, 0.29) is 11.9 Å². The summed E-state index contributed by atoms with van der Waals surface area (Å²) < 4.78 is 0. The van der Waals surface area contributed by atoms with Gasteiger partial charge in [0.05, 0.1) is 0 Å². The Morgan fingerprint density at radius 2 is 2.21 bits per heavy atom. The van der Waals surface area contributed by atoms with Crippen LogP contribution in [0.3, 0.4) is 0 Å². The Bertz CT molecular complexity index is 161. The summed E-state index contributed by atoms with van der Waals surface area (Å²) in [7, 11) is 3.69. The van der Waals surface area contributed by atoms with Gasteiger partial charge in [-0.15, -0.1) is 0 Å². The summed E-state index contributed by atoms with van der Waals surface area (Å²) >= 11 is 0. The predicted molar refractivity (Wildman–Crippen MR) is 59.1 cm³/mol. The molecule has 0 aliphatic carbocycles. The van der Waals surface area contributed by atoms with E-state index in [0.29, 0.717) is 6.42 Å². The molecule has 0 spiro atoms. The molecule has 0 aromatic heterocycles. The average molecular weight is 201 g/mol. The van der Waals surface area contributed by atoms with Crippen LogP contribution in [0.2, 0.25) is 0 Å². The molecule has 0 saturated heterocycles. The number of carbonyl (C=O) groups excluding carboxylic acids is 1. The number of rotatable bonds is 7. The molecule has 0 saturated carbocycles. The third-order valence-electron chi connectivity index (χ3n) is 2.22. The first-order valence-corrected chi connectivity index (χ1v) is 5.26. The molecular formula is C10H23N3O. The van der Waals surface area contributed by atoms with E-state index in [9.17, 15) is 4.79 Å². The first kappa shape index (κ1) is 13.4. The summed E-state index contributed by atoms with van der Waals surface area (Å²) in [5, 5.41) is 3.01. The molecule has 0 fully saturated rings. The van der Waals surface area contributed by atoms with Crippen molar-refractivity contribution >= 4 is 5.91 Å². The fraction of sp³-hybridized carbons (Fsp3) is 0.900. The first-order chi connectivity index (χ1) is 6.61. The quantitative estimate of drug-likeness (QED) is 0.618. The van der Waals surface area contributed by atoms with Gasteiger partial charge in [0.1, 0.15) is 0 Å². The van der Waals surface area contributed by atoms with E-state index in [0.717, 1.165) is 25.9 Å². The van der Waals surface area contributed by atoms with Crippen molar-refractivity contribution in [3.05, 3.63) is 0 Å². The molecular weight excluding hydrogens is 178 g/mol. The number of amides is 1. The van der Waals surface area contributed by atoms with Crippen molar-refractivity contribution in [3.63, 3.8) is 0 Å². The highest BCUT2D eigenvalue weighted by Gasteiger charge is 2.12. The lowest BCUT2D eigenvalue weighted by atomic mass is 10.1. The van der Waals surface area contributed by atoms with E-state index in [2.05, 4.69) is 12.2 Å². The predicted octanol–water partition coefficient (Wildman–Crippen LogP) is 0.182. The van der Waals surface area contributed by atoms with Crippen molar-refractivity contribution in [2.75, 3.05) is 27.2 Å². The molecule has 0 rings (SSSR count). The summed E-state index contributed by atoms with van der Waals surface area (Å²) in [6, 6.07) is 0.0181. The molecule has 14 heavy (non-hydrogen) atoms. The average Bonchev–Trinajstić information content (AvgIpc) is 2.14. The molecule has 1 unspecified atom stereocenters. The maximum absolute atomic E-state index is 11.6. The van der Waals surface area contributed by atoms with E-state index in [1.54, 1.807) is 4.90 Å². The number of nitrogens with zero attached hydrogens (tertiary/aromatic N) is 1. The van der Waals surface area contributed by atoms with Crippen LogP contribution >= 0.6 is 0 Å². The number of nitrogens with two attached hydrogens (primary N) is 1. The third kappa shape index (κ3) is 5.94. The second-order valence-corrected chi connectivity index (χ2v) is 3.67. The van der Waals surface area contributed by atoms with Gasteiger partial charge in [0, 0.05) is 32.6 Å². The van der Waals surface area contributed by atoms with E-state index in [1.807, 2.05) is 14.1 Å². The molecule has 84 valence electrons. The minimum Gasteiger partial charge on any atom is -0.344 e. The van der Waals surface area contributed by atoms with Crippen LogP contribution in [0.1, 0.15) is 26.2 Å². The van der Waals surface area contributed by atoms with Gasteiger partial charge in [-0.1, -0.05) is 13.3 Å². The topological polar surface area (TPSA) is 58.4 Å². The van der Waals surface area contributed by atoms with E-state index in [1.165, 1.54) is 0 Å². The lowest BCUT2D eigenvalue weighted by Gasteiger charge is -2.19. The van der Waals surface area contributed by atoms with Crippen LogP contribution in [-0.2, 0) is 4.79 Å². The summed E-state index contributed by atoms with van der Waals surface area (Å²) in [6.07, 6.45) is 2.42. The van der Waals surface area contributed by atoms with Gasteiger partial charge >= 0.3 is 0 Å². The zero-order valence-electron chi connectivity index (χ0n) is 9.55. The summed E-state index contributed by atoms with van der Waals surface area (Å²) in [5.41, 5.74) is 5.79. The van der Waals surface area contributed by atoms with Crippen LogP contribution in [0.15, 0.2) is 0 Å². The van der Waals surface area contributed by atoms with Crippen molar-refractivity contribution in [1.82, 2.24) is 10.2 Å². The van der Waals surface area contributed by atoms with Crippen molar-refractivity contribution in [2.45, 2.75) is 32.2 Å². The van der Waals surface area contributed by atoms with Crippen LogP contribution in [0.25, 0.3) is 0 Å². The maximum Gasteiger partial charge on any atom is 0.223 e. The second-order valence-electron chi connectivity index (χ2n) is 3.67. The smallest absolute Gasteiger partial charge is 0.223 e. The molecule has 3 N–H and O–H groups in total. The number of likely N-dealkylation sites (N-methyl/N-ethyl adjacent to an activating group) is 2. The van der Waals surface area contributed by atoms with Crippen LogP contribution < -0.4 is 11.1 Å². The van der Waals surface area contributed by atoms with E-state index >= 15 is 0 Å². The molecule has 0 heterocycles. The third-order valence-corrected chi connectivity index (χ3v) is 2.22. The molecule has 1 atom stereocenters. The van der Waals surface area contributed by atoms with Gasteiger partial charge in [-0.3, -0.25) is 4.79 Å². The number of carbonyl (C=O) groups is 1. The van der Waals surface area contributed by atoms with Crippen molar-refractivity contribution in [1.29, 1.82) is 0 Å². The molecule has 1 amide bonds. The Morgan fingerprint density at radius 3 is 2.71 bits per heavy atom. The minimum absolute atomic E-state index is 0.0181. The SMILES string of the molecule is CCCC(N)CC(=O)N(C)CCNC. The van der Waals surface area contributed by atoms with Crippen molar-refractivity contribution < 1.29 is 4.79 Å². The van der Waals surface area contributed by atoms with Gasteiger partial charge in [-0.05, 0) is 13.5 Å². The monoisotopic (exact) mass is 201 g/mol. The summed E-state index contributed by atoms with van der Waals surface area (Å²) in [5.74, 6) is 0.140. The van der Waals surface area contributed by atoms with Crippen LogP contribution in [0.4, 0.5) is 0 Å². The largest absolute Gasteiger partial charge is 0.344 e. The zero-order valence-corrected chi connectivity index (χ0v) is 9.55. The van der Waals surface area contributed by atoms with Gasteiger partial charge in [0.25, 0.3) is 0 Å². The van der Waals surface area contributed by atoms with Crippen LogP contribution in [-0.4, -0.2) is 44.0 Å². The number of nitrogens with one attached hydrogen (secondary N) is 1. The Morgan fingerprint density at radius 1 is 1.57 bits per heavy atom. The Kier molecular flexibility index (Phi) is 7.42. The highest BCUT2D eigenvalue weighted by atomic mass is 16.2. The van der Waals surface area contributed by atoms with Gasteiger partial charge in [-0.2, -0.15) is 0 Å². The fourth-order valence-electron chi connectivity index (χ4n) is 1.26. The molecule has 0 aliphatic heterocycles. The first-order valence-electron chi connectivity index (χ1n) is 5.26. The summed E-state index contributed by atoms with van der Waals surface area (Å²) in [4.78, 5) is 13.3. The standard InChI is InChI=1S/C10H23N3O/c1-4-5-9(11)8-10(14)13(3)7-6-12-2/h9,12H,4-8,11H2,1-3H3. The number of hydrogen-bond acceptors (Lipinski definition) is 3. The molecule has 0 aromatic carbocycles. The van der Waals surface area contributed by atoms with Crippen molar-refractivity contribution in [2.24, 2.45) is 5.73 Å². The Balaban J connectivity index is 3.71. The molecule has 4 nitrogen and oxygen atoms in total.